The van der Waals surface area contributed by atoms with E-state index in [4.69, 9.17) is 9.47 Å². The molecule has 3 atom stereocenters. The molecule has 1 aromatic heterocycles. The second-order valence-corrected chi connectivity index (χ2v) is 13.6. The highest BCUT2D eigenvalue weighted by Crippen LogP contribution is 2.60. The van der Waals surface area contributed by atoms with Crippen molar-refractivity contribution in [3.8, 4) is 0 Å². The van der Waals surface area contributed by atoms with Gasteiger partial charge in [-0.25, -0.2) is 22.3 Å². The molecule has 3 heterocycles. The molecule has 0 spiro atoms. The first-order valence-electron chi connectivity index (χ1n) is 13.8. The molecule has 10 heteroatoms. The molecule has 4 aromatic rings. The van der Waals surface area contributed by atoms with Crippen LogP contribution in [0.15, 0.2) is 83.9 Å². The number of anilines is 1. The van der Waals surface area contributed by atoms with E-state index in [0.29, 0.717) is 11.3 Å². The maximum Gasteiger partial charge on any atom is 0.412 e. The number of nitrogens with zero attached hydrogens (tertiary/aromatic N) is 2. The van der Waals surface area contributed by atoms with Crippen LogP contribution in [0.3, 0.4) is 0 Å². The third-order valence-electron chi connectivity index (χ3n) is 8.18. The van der Waals surface area contributed by atoms with Gasteiger partial charge in [0.05, 0.1) is 23.1 Å². The Bertz CT molecular complexity index is 1810. The molecule has 0 aliphatic carbocycles. The number of ether oxygens (including phenoxy) is 2. The second-order valence-electron chi connectivity index (χ2n) is 11.8. The summed E-state index contributed by atoms with van der Waals surface area (Å²) in [6, 6.07) is 20.1. The molecule has 3 aromatic carbocycles. The minimum absolute atomic E-state index is 0.0658. The van der Waals surface area contributed by atoms with Crippen LogP contribution < -0.4 is 4.31 Å². The molecule has 6 rings (SSSR count). The summed E-state index contributed by atoms with van der Waals surface area (Å²) in [7, 11) is -2.98. The predicted octanol–water partition coefficient (Wildman–Crippen LogP) is 5.48. The number of aromatic nitrogens is 1. The van der Waals surface area contributed by atoms with Gasteiger partial charge in [-0.3, -0.25) is 4.90 Å². The van der Waals surface area contributed by atoms with Gasteiger partial charge in [0.1, 0.15) is 17.8 Å². The van der Waals surface area contributed by atoms with E-state index >= 15 is 0 Å². The number of aromatic amines is 1. The maximum atomic E-state index is 14.6. The van der Waals surface area contributed by atoms with E-state index in [0.717, 1.165) is 22.0 Å². The number of hydrogen-bond acceptors (Lipinski definition) is 6. The topological polar surface area (TPSA) is 109 Å². The van der Waals surface area contributed by atoms with Gasteiger partial charge in [0.15, 0.2) is 0 Å². The van der Waals surface area contributed by atoms with Gasteiger partial charge in [-0.2, -0.15) is 0 Å². The van der Waals surface area contributed by atoms with Crippen LogP contribution in [0, 0.1) is 6.92 Å². The lowest BCUT2D eigenvalue weighted by atomic mass is 9.72. The number of rotatable bonds is 4. The number of sulfonamides is 1. The molecule has 2 aliphatic rings. The molecule has 2 aliphatic heterocycles. The molecule has 0 bridgehead atoms. The molecular formula is C32H33N3O6S. The molecule has 1 saturated heterocycles. The summed E-state index contributed by atoms with van der Waals surface area (Å²) in [5.41, 5.74) is 1.77. The summed E-state index contributed by atoms with van der Waals surface area (Å²) in [5, 5.41) is 0.878. The molecular weight excluding hydrogens is 554 g/mol. The average Bonchev–Trinajstić information content (AvgIpc) is 3.61. The van der Waals surface area contributed by atoms with Crippen LogP contribution in [0.25, 0.3) is 10.9 Å². The van der Waals surface area contributed by atoms with Gasteiger partial charge >= 0.3 is 12.1 Å². The number of amides is 1. The number of fused-ring (bicyclic) bond motifs is 4. The molecule has 0 saturated carbocycles. The SMILES string of the molecule is COC(=O)[C@@H]1C[C@]2(c3c[nH]c4c(C)cccc34)c3ccccc3N(S(=O)(=O)c3ccccc3)[C@@H]2N1C(=O)OC(C)(C)C. The summed E-state index contributed by atoms with van der Waals surface area (Å²) in [5.74, 6) is -0.653. The van der Waals surface area contributed by atoms with Gasteiger partial charge < -0.3 is 14.5 Å². The third kappa shape index (κ3) is 3.99. The highest BCUT2D eigenvalue weighted by Gasteiger charge is 2.68. The third-order valence-corrected chi connectivity index (χ3v) is 9.96. The smallest absolute Gasteiger partial charge is 0.412 e. The molecule has 1 N–H and O–H groups in total. The monoisotopic (exact) mass is 587 g/mol. The van der Waals surface area contributed by atoms with Gasteiger partial charge in [-0.1, -0.05) is 54.6 Å². The fourth-order valence-corrected chi connectivity index (χ4v) is 8.26. The Morgan fingerprint density at radius 2 is 1.64 bits per heavy atom. The number of likely N-dealkylation sites (tertiary alicyclic amines) is 1. The van der Waals surface area contributed by atoms with Gasteiger partial charge in [0.25, 0.3) is 10.0 Å². The fourth-order valence-electron chi connectivity index (χ4n) is 6.56. The van der Waals surface area contributed by atoms with Crippen molar-refractivity contribution >= 4 is 38.7 Å². The predicted molar refractivity (Wildman–Crippen MR) is 159 cm³/mol. The van der Waals surface area contributed by atoms with E-state index in [1.54, 1.807) is 51.1 Å². The molecule has 1 fully saturated rings. The molecule has 218 valence electrons. The van der Waals surface area contributed by atoms with Crippen LogP contribution in [0.1, 0.15) is 43.9 Å². The molecule has 0 radical (unpaired) electrons. The van der Waals surface area contributed by atoms with Crippen LogP contribution in [0.5, 0.6) is 0 Å². The first kappa shape index (κ1) is 27.8. The van der Waals surface area contributed by atoms with Crippen molar-refractivity contribution in [2.45, 2.75) is 62.2 Å². The van der Waals surface area contributed by atoms with Crippen molar-refractivity contribution in [3.05, 3.63) is 95.7 Å². The van der Waals surface area contributed by atoms with E-state index in [-0.39, 0.29) is 11.3 Å². The molecule has 0 unspecified atom stereocenters. The van der Waals surface area contributed by atoms with Gasteiger partial charge in [0, 0.05) is 17.1 Å². The lowest BCUT2D eigenvalue weighted by Gasteiger charge is -2.38. The zero-order valence-corrected chi connectivity index (χ0v) is 24.9. The first-order chi connectivity index (χ1) is 19.9. The van der Waals surface area contributed by atoms with Crippen molar-refractivity contribution in [2.75, 3.05) is 11.4 Å². The Morgan fingerprint density at radius 1 is 0.952 bits per heavy atom. The number of carbonyl (C=O) groups excluding carboxylic acids is 2. The number of carbonyl (C=O) groups is 2. The summed E-state index contributed by atoms with van der Waals surface area (Å²) < 4.78 is 41.5. The van der Waals surface area contributed by atoms with Gasteiger partial charge in [-0.05, 0) is 69.0 Å². The van der Waals surface area contributed by atoms with Crippen LogP contribution in [-0.2, 0) is 29.7 Å². The Kier molecular flexibility index (Phi) is 6.38. The highest BCUT2D eigenvalue weighted by atomic mass is 32.2. The van der Waals surface area contributed by atoms with Crippen molar-refractivity contribution < 1.29 is 27.5 Å². The van der Waals surface area contributed by atoms with Crippen LogP contribution in [-0.4, -0.2) is 55.3 Å². The Labute approximate surface area is 245 Å². The quantitative estimate of drug-likeness (QED) is 0.317. The number of H-pyrrole nitrogens is 1. The highest BCUT2D eigenvalue weighted by molar-refractivity contribution is 7.92. The number of benzene rings is 3. The number of hydrogen-bond donors (Lipinski definition) is 1. The van der Waals surface area contributed by atoms with Crippen molar-refractivity contribution in [1.82, 2.24) is 9.88 Å². The van der Waals surface area contributed by atoms with Gasteiger partial charge in [-0.15, -0.1) is 0 Å². The lowest BCUT2D eigenvalue weighted by molar-refractivity contribution is -0.146. The second kappa shape index (κ2) is 9.62. The van der Waals surface area contributed by atoms with Crippen LogP contribution >= 0.6 is 0 Å². The summed E-state index contributed by atoms with van der Waals surface area (Å²) in [6.07, 6.45) is -0.0181. The number of aryl methyl sites for hydroxylation is 1. The number of para-hydroxylation sites is 2. The Balaban J connectivity index is 1.71. The molecule has 9 nitrogen and oxygen atoms in total. The van der Waals surface area contributed by atoms with Crippen molar-refractivity contribution in [1.29, 1.82) is 0 Å². The summed E-state index contributed by atoms with van der Waals surface area (Å²) in [6.45, 7) is 7.18. The number of nitrogens with one attached hydrogen (secondary N) is 1. The maximum absolute atomic E-state index is 14.6. The van der Waals surface area contributed by atoms with Crippen molar-refractivity contribution in [2.24, 2.45) is 0 Å². The number of methoxy groups -OCH3 is 1. The fraction of sp³-hybridized carbons (Fsp3) is 0.312. The normalized spacial score (nSPS) is 21.7. The zero-order valence-electron chi connectivity index (χ0n) is 24.1. The van der Waals surface area contributed by atoms with Crippen LogP contribution in [0.2, 0.25) is 0 Å². The molecule has 1 amide bonds. The Morgan fingerprint density at radius 3 is 2.33 bits per heavy atom. The number of esters is 1. The van der Waals surface area contributed by atoms with E-state index in [1.807, 2.05) is 43.5 Å². The average molecular weight is 588 g/mol. The molecule has 42 heavy (non-hydrogen) atoms. The van der Waals surface area contributed by atoms with E-state index in [1.165, 1.54) is 28.4 Å². The summed E-state index contributed by atoms with van der Waals surface area (Å²) >= 11 is 0. The van der Waals surface area contributed by atoms with Crippen LogP contribution in [0.4, 0.5) is 10.5 Å². The minimum Gasteiger partial charge on any atom is -0.467 e. The zero-order chi connectivity index (χ0) is 30.0. The largest absolute Gasteiger partial charge is 0.467 e. The van der Waals surface area contributed by atoms with E-state index in [2.05, 4.69) is 4.98 Å². The first-order valence-corrected chi connectivity index (χ1v) is 15.2. The van der Waals surface area contributed by atoms with Crippen molar-refractivity contribution in [3.63, 3.8) is 0 Å². The minimum atomic E-state index is -4.24. The standard InChI is InChI=1S/C32H33N3O6S/c1-20-12-11-15-22-24(19-33-27(20)22)32-18-26(28(36)40-5)34(30(37)41-31(2,3)4)29(32)35(25-17-10-9-16-23(25)32)42(38,39)21-13-7-6-8-14-21/h6-17,19,26,29,33H,18H2,1-5H3/t26-,29-,32+/m0/s1. The van der Waals surface area contributed by atoms with E-state index < -0.39 is 45.3 Å². The summed E-state index contributed by atoms with van der Waals surface area (Å²) in [4.78, 5) is 32.3. The lowest BCUT2D eigenvalue weighted by Crippen LogP contribution is -2.57. The van der Waals surface area contributed by atoms with E-state index in [9.17, 15) is 18.0 Å². The Hall–Kier alpha value is -4.31. The van der Waals surface area contributed by atoms with Gasteiger partial charge in [0.2, 0.25) is 0 Å².